The number of rotatable bonds is 7. The van der Waals surface area contributed by atoms with E-state index in [1.807, 2.05) is 42.5 Å². The van der Waals surface area contributed by atoms with Crippen LogP contribution in [0.1, 0.15) is 34.0 Å². The van der Waals surface area contributed by atoms with Gasteiger partial charge in [-0.3, -0.25) is 4.79 Å². The molecule has 0 saturated carbocycles. The first-order valence-corrected chi connectivity index (χ1v) is 10.5. The van der Waals surface area contributed by atoms with Gasteiger partial charge in [0, 0.05) is 17.8 Å². The van der Waals surface area contributed by atoms with E-state index in [0.717, 1.165) is 29.9 Å². The van der Waals surface area contributed by atoms with Crippen LogP contribution in [0.4, 0.5) is 11.4 Å². The molecule has 1 aliphatic rings. The van der Waals surface area contributed by atoms with Crippen LogP contribution in [0.3, 0.4) is 0 Å². The maximum atomic E-state index is 13.0. The second kappa shape index (κ2) is 9.49. The van der Waals surface area contributed by atoms with E-state index in [4.69, 9.17) is 4.74 Å². The summed E-state index contributed by atoms with van der Waals surface area (Å²) >= 11 is 0. The van der Waals surface area contributed by atoms with Crippen LogP contribution in [0.5, 0.6) is 0 Å². The second-order valence-corrected chi connectivity index (χ2v) is 7.42. The van der Waals surface area contributed by atoms with Crippen molar-refractivity contribution >= 4 is 34.5 Å². The summed E-state index contributed by atoms with van der Waals surface area (Å²) in [5, 5.41) is 9.64. The molecule has 0 saturated heterocycles. The third-order valence-corrected chi connectivity index (χ3v) is 5.30. The van der Waals surface area contributed by atoms with E-state index in [1.165, 1.54) is 12.7 Å². The number of esters is 1. The molecule has 1 aliphatic heterocycles. The van der Waals surface area contributed by atoms with Crippen molar-refractivity contribution in [3.05, 3.63) is 95.1 Å². The van der Waals surface area contributed by atoms with Gasteiger partial charge in [0.2, 0.25) is 0 Å². The summed E-state index contributed by atoms with van der Waals surface area (Å²) in [6, 6.07) is 22.9. The van der Waals surface area contributed by atoms with Crippen LogP contribution in [-0.4, -0.2) is 25.5 Å². The van der Waals surface area contributed by atoms with Gasteiger partial charge in [-0.15, -0.1) is 0 Å². The molecule has 3 aromatic rings. The van der Waals surface area contributed by atoms with Crippen LogP contribution in [0.25, 0.3) is 11.3 Å². The molecule has 0 spiro atoms. The molecule has 0 fully saturated rings. The molecule has 6 heteroatoms. The first kappa shape index (κ1) is 21.3. The molecule has 0 aliphatic carbocycles. The van der Waals surface area contributed by atoms with Crippen molar-refractivity contribution in [2.45, 2.75) is 13.5 Å². The molecule has 3 N–H and O–H groups in total. The van der Waals surface area contributed by atoms with Gasteiger partial charge in [0.1, 0.15) is 0 Å². The summed E-state index contributed by atoms with van der Waals surface area (Å²) in [5.74, 6) is -0.671. The number of carbonyl (C=O) groups excluding carboxylic acids is 2. The molecule has 32 heavy (non-hydrogen) atoms. The standard InChI is InChI=1S/C26H25N3O3/c1-3-27-16-17-9-12-20(13-10-17)28-24(18-7-5-4-6-8-18)23-21-14-11-19(26(31)32-2)15-22(21)29-25(23)30/h4-15,27-28H,3,16H2,1-2H3,(H,29,30)/b24-23-. The fourth-order valence-electron chi connectivity index (χ4n) is 3.67. The number of amides is 1. The lowest BCUT2D eigenvalue weighted by Crippen LogP contribution is -2.12. The maximum absolute atomic E-state index is 13.0. The highest BCUT2D eigenvalue weighted by Gasteiger charge is 2.29. The highest BCUT2D eigenvalue weighted by Crippen LogP contribution is 2.38. The number of carbonyl (C=O) groups is 2. The normalized spacial score (nSPS) is 13.9. The van der Waals surface area contributed by atoms with Crippen LogP contribution in [0, 0.1) is 0 Å². The summed E-state index contributed by atoms with van der Waals surface area (Å²) in [5.41, 5.74) is 5.89. The average molecular weight is 428 g/mol. The van der Waals surface area contributed by atoms with Crippen LogP contribution in [0.2, 0.25) is 0 Å². The topological polar surface area (TPSA) is 79.5 Å². The Morgan fingerprint density at radius 2 is 1.72 bits per heavy atom. The number of anilines is 2. The Kier molecular flexibility index (Phi) is 6.33. The first-order chi connectivity index (χ1) is 15.6. The van der Waals surface area contributed by atoms with Gasteiger partial charge in [-0.25, -0.2) is 4.79 Å². The third kappa shape index (κ3) is 4.40. The van der Waals surface area contributed by atoms with E-state index in [1.54, 1.807) is 18.2 Å². The molecule has 0 aromatic heterocycles. The van der Waals surface area contributed by atoms with Crippen molar-refractivity contribution in [3.63, 3.8) is 0 Å². The predicted molar refractivity (Wildman–Crippen MR) is 127 cm³/mol. The summed E-state index contributed by atoms with van der Waals surface area (Å²) < 4.78 is 4.80. The number of fused-ring (bicyclic) bond motifs is 1. The first-order valence-electron chi connectivity index (χ1n) is 10.5. The molecule has 1 heterocycles. The molecular formula is C26H25N3O3. The number of hydrogen-bond donors (Lipinski definition) is 3. The second-order valence-electron chi connectivity index (χ2n) is 7.42. The van der Waals surface area contributed by atoms with Crippen LogP contribution >= 0.6 is 0 Å². The van der Waals surface area contributed by atoms with Gasteiger partial charge in [0.15, 0.2) is 0 Å². The monoisotopic (exact) mass is 427 g/mol. The zero-order valence-electron chi connectivity index (χ0n) is 18.1. The van der Waals surface area contributed by atoms with Crippen molar-refractivity contribution in [2.75, 3.05) is 24.3 Å². The van der Waals surface area contributed by atoms with Crippen LogP contribution in [-0.2, 0) is 16.1 Å². The maximum Gasteiger partial charge on any atom is 0.337 e. The highest BCUT2D eigenvalue weighted by molar-refractivity contribution is 6.37. The van der Waals surface area contributed by atoms with E-state index in [9.17, 15) is 9.59 Å². The Bertz CT molecular complexity index is 1170. The van der Waals surface area contributed by atoms with Crippen molar-refractivity contribution in [1.29, 1.82) is 0 Å². The van der Waals surface area contributed by atoms with Crippen molar-refractivity contribution < 1.29 is 14.3 Å². The highest BCUT2D eigenvalue weighted by atomic mass is 16.5. The molecule has 6 nitrogen and oxygen atoms in total. The Morgan fingerprint density at radius 3 is 2.41 bits per heavy atom. The summed E-state index contributed by atoms with van der Waals surface area (Å²) in [6.07, 6.45) is 0. The largest absolute Gasteiger partial charge is 0.465 e. The van der Waals surface area contributed by atoms with E-state index in [2.05, 4.69) is 35.0 Å². The Hall–Kier alpha value is -3.90. The van der Waals surface area contributed by atoms with Gasteiger partial charge < -0.3 is 20.7 Å². The fourth-order valence-corrected chi connectivity index (χ4v) is 3.67. The fraction of sp³-hybridized carbons (Fsp3) is 0.154. The zero-order valence-corrected chi connectivity index (χ0v) is 18.1. The average Bonchev–Trinajstić information content (AvgIpc) is 3.16. The summed E-state index contributed by atoms with van der Waals surface area (Å²) in [4.78, 5) is 24.9. The van der Waals surface area contributed by atoms with Gasteiger partial charge >= 0.3 is 5.97 Å². The molecule has 4 rings (SSSR count). The molecule has 3 aromatic carbocycles. The molecule has 0 radical (unpaired) electrons. The number of hydrogen-bond acceptors (Lipinski definition) is 5. The lowest BCUT2D eigenvalue weighted by molar-refractivity contribution is -0.110. The summed E-state index contributed by atoms with van der Waals surface area (Å²) in [6.45, 7) is 3.80. The van der Waals surface area contributed by atoms with E-state index in [-0.39, 0.29) is 5.91 Å². The van der Waals surface area contributed by atoms with Crippen LogP contribution in [0.15, 0.2) is 72.8 Å². The SMILES string of the molecule is CCNCc1ccc(N/C(=C2\C(=O)Nc3cc(C(=O)OC)ccc32)c2ccccc2)cc1. The van der Waals surface area contributed by atoms with Crippen molar-refractivity contribution in [3.8, 4) is 0 Å². The van der Waals surface area contributed by atoms with Gasteiger partial charge in [-0.1, -0.05) is 55.5 Å². The lowest BCUT2D eigenvalue weighted by Gasteiger charge is -2.15. The van der Waals surface area contributed by atoms with Gasteiger partial charge in [0.25, 0.3) is 5.91 Å². The van der Waals surface area contributed by atoms with E-state index in [0.29, 0.717) is 22.5 Å². The molecule has 0 bridgehead atoms. The molecule has 1 amide bonds. The number of nitrogens with one attached hydrogen (secondary N) is 3. The number of methoxy groups -OCH3 is 1. The van der Waals surface area contributed by atoms with Gasteiger partial charge in [-0.05, 0) is 41.9 Å². The van der Waals surface area contributed by atoms with Crippen molar-refractivity contribution in [2.24, 2.45) is 0 Å². The Morgan fingerprint density at radius 1 is 0.969 bits per heavy atom. The van der Waals surface area contributed by atoms with E-state index < -0.39 is 5.97 Å². The summed E-state index contributed by atoms with van der Waals surface area (Å²) in [7, 11) is 1.33. The van der Waals surface area contributed by atoms with Gasteiger partial charge in [-0.2, -0.15) is 0 Å². The predicted octanol–water partition coefficient (Wildman–Crippen LogP) is 4.52. The Labute approximate surface area is 187 Å². The van der Waals surface area contributed by atoms with Crippen LogP contribution < -0.4 is 16.0 Å². The Balaban J connectivity index is 1.76. The minimum Gasteiger partial charge on any atom is -0.465 e. The molecule has 0 unspecified atom stereocenters. The van der Waals surface area contributed by atoms with Crippen molar-refractivity contribution in [1.82, 2.24) is 5.32 Å². The number of ether oxygens (including phenoxy) is 1. The molecular weight excluding hydrogens is 402 g/mol. The smallest absolute Gasteiger partial charge is 0.337 e. The van der Waals surface area contributed by atoms with E-state index >= 15 is 0 Å². The molecule has 0 atom stereocenters. The minimum absolute atomic E-state index is 0.225. The zero-order chi connectivity index (χ0) is 22.5. The minimum atomic E-state index is -0.446. The number of benzene rings is 3. The lowest BCUT2D eigenvalue weighted by atomic mass is 9.99. The quantitative estimate of drug-likeness (QED) is 0.382. The third-order valence-electron chi connectivity index (χ3n) is 5.30. The van der Waals surface area contributed by atoms with Gasteiger partial charge in [0.05, 0.1) is 29.6 Å². The molecule has 162 valence electrons.